The summed E-state index contributed by atoms with van der Waals surface area (Å²) in [5.74, 6) is -0.234. The van der Waals surface area contributed by atoms with Gasteiger partial charge < -0.3 is 10.1 Å². The number of ether oxygens (including phenoxy) is 1. The van der Waals surface area contributed by atoms with Gasteiger partial charge in [-0.05, 0) is 49.6 Å². The molecule has 27 heavy (non-hydrogen) atoms. The molecule has 7 heteroatoms. The first kappa shape index (κ1) is 19.5. The molecule has 1 unspecified atom stereocenters. The summed E-state index contributed by atoms with van der Waals surface area (Å²) < 4.78 is 32.9. The Morgan fingerprint density at radius 3 is 2.44 bits per heavy atom. The van der Waals surface area contributed by atoms with Crippen molar-refractivity contribution in [3.63, 3.8) is 0 Å². The molecule has 0 aliphatic carbocycles. The Morgan fingerprint density at radius 1 is 1.11 bits per heavy atom. The lowest BCUT2D eigenvalue weighted by atomic mass is 10.2. The summed E-state index contributed by atoms with van der Waals surface area (Å²) in [6.07, 6.45) is 2.03. The van der Waals surface area contributed by atoms with Crippen LogP contribution in [0.2, 0.25) is 0 Å². The van der Waals surface area contributed by atoms with Gasteiger partial charge in [-0.1, -0.05) is 29.8 Å². The number of benzene rings is 2. The van der Waals surface area contributed by atoms with E-state index in [1.165, 1.54) is 24.3 Å². The third-order valence-electron chi connectivity index (χ3n) is 4.53. The number of nitrogens with one attached hydrogen (secondary N) is 2. The lowest BCUT2D eigenvalue weighted by molar-refractivity contribution is 0.0857. The third kappa shape index (κ3) is 5.38. The fraction of sp³-hybridized carbons (Fsp3) is 0.350. The summed E-state index contributed by atoms with van der Waals surface area (Å²) in [5.41, 5.74) is 2.43. The Hall–Kier alpha value is -2.22. The minimum Gasteiger partial charge on any atom is -0.376 e. The zero-order valence-electron chi connectivity index (χ0n) is 15.3. The van der Waals surface area contributed by atoms with E-state index in [-0.39, 0.29) is 23.5 Å². The Labute approximate surface area is 160 Å². The molecule has 1 heterocycles. The maximum atomic E-state index is 12.4. The second-order valence-electron chi connectivity index (χ2n) is 6.68. The zero-order chi connectivity index (χ0) is 19.3. The van der Waals surface area contributed by atoms with Crippen LogP contribution < -0.4 is 10.0 Å². The van der Waals surface area contributed by atoms with Crippen molar-refractivity contribution < 1.29 is 17.9 Å². The molecular formula is C20H24N2O4S. The third-order valence-corrected chi connectivity index (χ3v) is 5.95. The van der Waals surface area contributed by atoms with Gasteiger partial charge in [-0.25, -0.2) is 13.1 Å². The van der Waals surface area contributed by atoms with Crippen molar-refractivity contribution >= 4 is 15.9 Å². The Morgan fingerprint density at radius 2 is 1.81 bits per heavy atom. The summed E-state index contributed by atoms with van der Waals surface area (Å²) in [5, 5.41) is 2.82. The molecule has 1 fully saturated rings. The quantitative estimate of drug-likeness (QED) is 0.763. The minimum atomic E-state index is -3.64. The molecule has 6 nitrogen and oxygen atoms in total. The average molecular weight is 388 g/mol. The molecular weight excluding hydrogens is 364 g/mol. The van der Waals surface area contributed by atoms with Gasteiger partial charge in [-0.3, -0.25) is 4.79 Å². The van der Waals surface area contributed by atoms with Gasteiger partial charge in [0.05, 0.1) is 11.0 Å². The highest BCUT2D eigenvalue weighted by Crippen LogP contribution is 2.13. The zero-order valence-corrected chi connectivity index (χ0v) is 16.1. The van der Waals surface area contributed by atoms with E-state index in [9.17, 15) is 13.2 Å². The summed E-state index contributed by atoms with van der Waals surface area (Å²) >= 11 is 0. The lowest BCUT2D eigenvalue weighted by Crippen LogP contribution is -2.31. The number of rotatable bonds is 7. The van der Waals surface area contributed by atoms with Crippen molar-refractivity contribution in [1.29, 1.82) is 0 Å². The van der Waals surface area contributed by atoms with Crippen molar-refractivity contribution in [2.45, 2.75) is 37.3 Å². The standard InChI is InChI=1S/C20H24N2O4S/c1-15-4-6-16(7-5-15)13-22-27(24,25)19-10-8-17(9-11-19)20(23)21-14-18-3-2-12-26-18/h4-11,18,22H,2-3,12-14H2,1H3,(H,21,23). The van der Waals surface area contributed by atoms with Crippen LogP contribution in [0.4, 0.5) is 0 Å². The van der Waals surface area contributed by atoms with Crippen molar-refractivity contribution in [3.05, 3.63) is 65.2 Å². The van der Waals surface area contributed by atoms with Crippen molar-refractivity contribution in [2.75, 3.05) is 13.2 Å². The topological polar surface area (TPSA) is 84.5 Å². The van der Waals surface area contributed by atoms with Crippen LogP contribution in [0, 0.1) is 6.92 Å². The molecule has 2 aromatic carbocycles. The van der Waals surface area contributed by atoms with Crippen LogP contribution >= 0.6 is 0 Å². The first-order valence-corrected chi connectivity index (χ1v) is 10.5. The first-order chi connectivity index (χ1) is 12.9. The van der Waals surface area contributed by atoms with E-state index in [0.29, 0.717) is 12.1 Å². The largest absolute Gasteiger partial charge is 0.376 e. The summed E-state index contributed by atoms with van der Waals surface area (Å²) in [6, 6.07) is 13.6. The van der Waals surface area contributed by atoms with Crippen LogP contribution in [0.15, 0.2) is 53.4 Å². The normalized spacial score (nSPS) is 17.0. The second kappa shape index (κ2) is 8.65. The molecule has 1 amide bonds. The highest BCUT2D eigenvalue weighted by Gasteiger charge is 2.18. The average Bonchev–Trinajstić information content (AvgIpc) is 3.19. The van der Waals surface area contributed by atoms with Gasteiger partial charge in [0.1, 0.15) is 0 Å². The number of aryl methyl sites for hydroxylation is 1. The molecule has 2 aromatic rings. The van der Waals surface area contributed by atoms with Crippen LogP contribution in [-0.4, -0.2) is 33.6 Å². The maximum Gasteiger partial charge on any atom is 0.251 e. The number of amides is 1. The molecule has 3 rings (SSSR count). The van der Waals surface area contributed by atoms with Crippen molar-refractivity contribution in [2.24, 2.45) is 0 Å². The van der Waals surface area contributed by atoms with Crippen LogP contribution in [0.1, 0.15) is 34.3 Å². The van der Waals surface area contributed by atoms with E-state index in [1.54, 1.807) is 0 Å². The van der Waals surface area contributed by atoms with E-state index in [0.717, 1.165) is 30.6 Å². The molecule has 1 aliphatic heterocycles. The van der Waals surface area contributed by atoms with Crippen LogP contribution in [-0.2, 0) is 21.3 Å². The number of hydrogen-bond acceptors (Lipinski definition) is 4. The molecule has 0 aromatic heterocycles. The molecule has 1 saturated heterocycles. The van der Waals surface area contributed by atoms with E-state index in [2.05, 4.69) is 10.0 Å². The lowest BCUT2D eigenvalue weighted by Gasteiger charge is -2.11. The number of hydrogen-bond donors (Lipinski definition) is 2. The molecule has 144 valence electrons. The molecule has 0 bridgehead atoms. The fourth-order valence-electron chi connectivity index (χ4n) is 2.87. The molecule has 1 aliphatic rings. The van der Waals surface area contributed by atoms with Gasteiger partial charge >= 0.3 is 0 Å². The van der Waals surface area contributed by atoms with Gasteiger partial charge in [0.25, 0.3) is 5.91 Å². The molecule has 0 saturated carbocycles. The first-order valence-electron chi connectivity index (χ1n) is 8.99. The highest BCUT2D eigenvalue weighted by molar-refractivity contribution is 7.89. The predicted octanol–water partition coefficient (Wildman–Crippen LogP) is 2.38. The van der Waals surface area contributed by atoms with Gasteiger partial charge in [0.15, 0.2) is 0 Å². The van der Waals surface area contributed by atoms with Crippen molar-refractivity contribution in [1.82, 2.24) is 10.0 Å². The number of carbonyl (C=O) groups excluding carboxylic acids is 1. The summed E-state index contributed by atoms with van der Waals surface area (Å²) in [7, 11) is -3.64. The Kier molecular flexibility index (Phi) is 6.26. The summed E-state index contributed by atoms with van der Waals surface area (Å²) in [6.45, 7) is 3.40. The fourth-order valence-corrected chi connectivity index (χ4v) is 3.88. The SMILES string of the molecule is Cc1ccc(CNS(=O)(=O)c2ccc(C(=O)NCC3CCCO3)cc2)cc1. The Balaban J connectivity index is 1.57. The van der Waals surface area contributed by atoms with Gasteiger partial charge in [-0.2, -0.15) is 0 Å². The van der Waals surface area contributed by atoms with Crippen LogP contribution in [0.3, 0.4) is 0 Å². The minimum absolute atomic E-state index is 0.0691. The molecule has 0 spiro atoms. The van der Waals surface area contributed by atoms with E-state index < -0.39 is 10.0 Å². The maximum absolute atomic E-state index is 12.4. The smallest absolute Gasteiger partial charge is 0.251 e. The molecule has 2 N–H and O–H groups in total. The van der Waals surface area contributed by atoms with E-state index in [1.807, 2.05) is 31.2 Å². The Bertz CT molecular complexity index is 871. The summed E-state index contributed by atoms with van der Waals surface area (Å²) in [4.78, 5) is 12.3. The van der Waals surface area contributed by atoms with Gasteiger partial charge in [0, 0.05) is 25.3 Å². The van der Waals surface area contributed by atoms with Crippen LogP contribution in [0.25, 0.3) is 0 Å². The van der Waals surface area contributed by atoms with Gasteiger partial charge in [-0.15, -0.1) is 0 Å². The van der Waals surface area contributed by atoms with Crippen LogP contribution in [0.5, 0.6) is 0 Å². The predicted molar refractivity (Wildman–Crippen MR) is 103 cm³/mol. The number of sulfonamides is 1. The second-order valence-corrected chi connectivity index (χ2v) is 8.45. The highest BCUT2D eigenvalue weighted by atomic mass is 32.2. The van der Waals surface area contributed by atoms with Crippen molar-refractivity contribution in [3.8, 4) is 0 Å². The monoisotopic (exact) mass is 388 g/mol. The molecule has 0 radical (unpaired) electrons. The van der Waals surface area contributed by atoms with E-state index >= 15 is 0 Å². The molecule has 1 atom stereocenters. The van der Waals surface area contributed by atoms with Gasteiger partial charge in [0.2, 0.25) is 10.0 Å². The van der Waals surface area contributed by atoms with E-state index in [4.69, 9.17) is 4.74 Å². The number of carbonyl (C=O) groups is 1.